The standard InChI is InChI=1S/C12H13BrO4S/c1-8-6-12(7-8,11(14)15)18(16,17)10-5-3-2-4-9(10)13/h2-5,8H,6-7H2,1H3,(H,14,15). The van der Waals surface area contributed by atoms with Crippen molar-refractivity contribution in [2.75, 3.05) is 0 Å². The van der Waals surface area contributed by atoms with Crippen LogP contribution in [0.25, 0.3) is 0 Å². The van der Waals surface area contributed by atoms with Crippen LogP contribution in [0.3, 0.4) is 0 Å². The summed E-state index contributed by atoms with van der Waals surface area (Å²) >= 11 is 3.17. The van der Waals surface area contributed by atoms with Gasteiger partial charge in [0.2, 0.25) is 0 Å². The summed E-state index contributed by atoms with van der Waals surface area (Å²) in [4.78, 5) is 11.4. The van der Waals surface area contributed by atoms with Crippen molar-refractivity contribution in [2.24, 2.45) is 5.92 Å². The fraction of sp³-hybridized carbons (Fsp3) is 0.417. The third-order valence-electron chi connectivity index (χ3n) is 3.39. The van der Waals surface area contributed by atoms with E-state index in [1.54, 1.807) is 18.2 Å². The van der Waals surface area contributed by atoms with E-state index >= 15 is 0 Å². The average Bonchev–Trinajstić information content (AvgIpc) is 2.24. The van der Waals surface area contributed by atoms with Gasteiger partial charge in [0.1, 0.15) is 0 Å². The summed E-state index contributed by atoms with van der Waals surface area (Å²) in [6, 6.07) is 6.33. The monoisotopic (exact) mass is 332 g/mol. The minimum absolute atomic E-state index is 0.0549. The van der Waals surface area contributed by atoms with E-state index in [9.17, 15) is 18.3 Å². The predicted molar refractivity (Wildman–Crippen MR) is 70.1 cm³/mol. The number of aliphatic carboxylic acids is 1. The molecule has 1 fully saturated rings. The molecule has 1 aromatic rings. The number of sulfone groups is 1. The highest BCUT2D eigenvalue weighted by atomic mass is 79.9. The number of carboxylic acids is 1. The molecule has 0 radical (unpaired) electrons. The molecule has 98 valence electrons. The summed E-state index contributed by atoms with van der Waals surface area (Å²) in [6.07, 6.45) is 0.345. The maximum Gasteiger partial charge on any atom is 0.325 e. The molecule has 1 saturated carbocycles. The van der Waals surface area contributed by atoms with Gasteiger partial charge in [0.25, 0.3) is 0 Å². The van der Waals surface area contributed by atoms with Crippen molar-refractivity contribution in [2.45, 2.75) is 29.4 Å². The van der Waals surface area contributed by atoms with Gasteiger partial charge in [0, 0.05) is 4.47 Å². The molecule has 18 heavy (non-hydrogen) atoms. The molecule has 1 aliphatic carbocycles. The topological polar surface area (TPSA) is 71.4 Å². The molecule has 0 aromatic heterocycles. The van der Waals surface area contributed by atoms with Gasteiger partial charge in [-0.05, 0) is 46.8 Å². The Kier molecular flexibility index (Phi) is 3.27. The minimum Gasteiger partial charge on any atom is -0.480 e. The van der Waals surface area contributed by atoms with Crippen molar-refractivity contribution in [1.29, 1.82) is 0 Å². The van der Waals surface area contributed by atoms with Crippen LogP contribution in [0.15, 0.2) is 33.6 Å². The number of carbonyl (C=O) groups is 1. The third-order valence-corrected chi connectivity index (χ3v) is 6.81. The molecular weight excluding hydrogens is 320 g/mol. The van der Waals surface area contributed by atoms with Gasteiger partial charge in [-0.25, -0.2) is 8.42 Å². The van der Waals surface area contributed by atoms with E-state index in [2.05, 4.69) is 15.9 Å². The first-order valence-electron chi connectivity index (χ1n) is 5.54. The van der Waals surface area contributed by atoms with Gasteiger partial charge in [-0.2, -0.15) is 0 Å². The second kappa shape index (κ2) is 4.35. The van der Waals surface area contributed by atoms with Gasteiger partial charge in [-0.1, -0.05) is 19.1 Å². The first kappa shape index (κ1) is 13.5. The van der Waals surface area contributed by atoms with Gasteiger partial charge in [0.15, 0.2) is 14.6 Å². The Morgan fingerprint density at radius 3 is 2.39 bits per heavy atom. The van der Waals surface area contributed by atoms with E-state index in [1.807, 2.05) is 6.92 Å². The Morgan fingerprint density at radius 2 is 1.94 bits per heavy atom. The molecule has 0 aliphatic heterocycles. The molecule has 0 amide bonds. The minimum atomic E-state index is -3.87. The summed E-state index contributed by atoms with van der Waals surface area (Å²) in [5.41, 5.74) is 0. The molecule has 0 spiro atoms. The van der Waals surface area contributed by atoms with Crippen LogP contribution < -0.4 is 0 Å². The molecular formula is C12H13BrO4S. The molecule has 6 heteroatoms. The maximum atomic E-state index is 12.5. The summed E-state index contributed by atoms with van der Waals surface area (Å²) in [7, 11) is -3.87. The van der Waals surface area contributed by atoms with Crippen LogP contribution in [0.5, 0.6) is 0 Å². The van der Waals surface area contributed by atoms with E-state index in [4.69, 9.17) is 0 Å². The first-order chi connectivity index (χ1) is 8.31. The largest absolute Gasteiger partial charge is 0.480 e. The summed E-state index contributed by atoms with van der Waals surface area (Å²) < 4.78 is 23.8. The molecule has 0 heterocycles. The number of halogens is 1. The van der Waals surface area contributed by atoms with Crippen LogP contribution in [0.4, 0.5) is 0 Å². The van der Waals surface area contributed by atoms with E-state index in [0.717, 1.165) is 0 Å². The zero-order valence-corrected chi connectivity index (χ0v) is 12.2. The van der Waals surface area contributed by atoms with Crippen molar-refractivity contribution in [1.82, 2.24) is 0 Å². The van der Waals surface area contributed by atoms with Crippen molar-refractivity contribution >= 4 is 31.7 Å². The lowest BCUT2D eigenvalue weighted by molar-refractivity contribution is -0.143. The van der Waals surface area contributed by atoms with Crippen molar-refractivity contribution < 1.29 is 18.3 Å². The van der Waals surface area contributed by atoms with E-state index in [1.165, 1.54) is 6.07 Å². The van der Waals surface area contributed by atoms with Gasteiger partial charge in [-0.15, -0.1) is 0 Å². The number of benzene rings is 1. The Bertz CT molecular complexity index is 588. The Morgan fingerprint density at radius 1 is 1.39 bits per heavy atom. The third kappa shape index (κ3) is 1.78. The Labute approximate surface area is 114 Å². The van der Waals surface area contributed by atoms with E-state index in [0.29, 0.717) is 4.47 Å². The second-order valence-corrected chi connectivity index (χ2v) is 7.83. The van der Waals surface area contributed by atoms with Crippen LogP contribution in [0, 0.1) is 5.92 Å². The highest BCUT2D eigenvalue weighted by molar-refractivity contribution is 9.10. The van der Waals surface area contributed by atoms with Gasteiger partial charge < -0.3 is 5.11 Å². The van der Waals surface area contributed by atoms with Crippen LogP contribution in [-0.4, -0.2) is 24.2 Å². The Balaban J connectivity index is 2.56. The SMILES string of the molecule is CC1CC(C(=O)O)(S(=O)(=O)c2ccccc2Br)C1. The smallest absolute Gasteiger partial charge is 0.325 e. The van der Waals surface area contributed by atoms with Gasteiger partial charge in [0.05, 0.1) is 4.90 Å². The molecule has 2 rings (SSSR count). The second-order valence-electron chi connectivity index (χ2n) is 4.75. The fourth-order valence-electron chi connectivity index (χ4n) is 2.45. The lowest BCUT2D eigenvalue weighted by Crippen LogP contribution is -2.55. The molecule has 1 aliphatic rings. The van der Waals surface area contributed by atoms with Crippen molar-refractivity contribution in [3.63, 3.8) is 0 Å². The van der Waals surface area contributed by atoms with Crippen molar-refractivity contribution in [3.05, 3.63) is 28.7 Å². The normalized spacial score (nSPS) is 27.6. The number of hydrogen-bond donors (Lipinski definition) is 1. The fourth-order valence-corrected chi connectivity index (χ4v) is 5.61. The molecule has 1 aromatic carbocycles. The van der Waals surface area contributed by atoms with Crippen LogP contribution in [0.2, 0.25) is 0 Å². The highest BCUT2D eigenvalue weighted by Crippen LogP contribution is 2.47. The quantitative estimate of drug-likeness (QED) is 0.922. The number of carboxylic acid groups (broad SMARTS) is 1. The average molecular weight is 333 g/mol. The number of rotatable bonds is 3. The summed E-state index contributed by atoms with van der Waals surface area (Å²) in [5.74, 6) is -1.13. The highest BCUT2D eigenvalue weighted by Gasteiger charge is 2.59. The lowest BCUT2D eigenvalue weighted by atomic mass is 9.75. The summed E-state index contributed by atoms with van der Waals surface area (Å²) in [6.45, 7) is 1.86. The lowest BCUT2D eigenvalue weighted by Gasteiger charge is -2.41. The molecule has 0 bridgehead atoms. The van der Waals surface area contributed by atoms with E-state index < -0.39 is 20.6 Å². The number of hydrogen-bond acceptors (Lipinski definition) is 3. The van der Waals surface area contributed by atoms with Crippen molar-refractivity contribution in [3.8, 4) is 0 Å². The van der Waals surface area contributed by atoms with E-state index in [-0.39, 0.29) is 23.7 Å². The van der Waals surface area contributed by atoms with Crippen LogP contribution in [0.1, 0.15) is 19.8 Å². The van der Waals surface area contributed by atoms with Crippen LogP contribution >= 0.6 is 15.9 Å². The zero-order chi connectivity index (χ0) is 13.6. The zero-order valence-electron chi connectivity index (χ0n) is 9.76. The molecule has 0 saturated heterocycles. The van der Waals surface area contributed by atoms with Gasteiger partial charge >= 0.3 is 5.97 Å². The molecule has 0 unspecified atom stereocenters. The van der Waals surface area contributed by atoms with Crippen LogP contribution in [-0.2, 0) is 14.6 Å². The Hall–Kier alpha value is -0.880. The predicted octanol–water partition coefficient (Wildman–Crippen LogP) is 2.48. The first-order valence-corrected chi connectivity index (χ1v) is 7.81. The maximum absolute atomic E-state index is 12.5. The molecule has 0 atom stereocenters. The summed E-state index contributed by atoms with van der Waals surface area (Å²) in [5, 5.41) is 9.29. The van der Waals surface area contributed by atoms with Gasteiger partial charge in [-0.3, -0.25) is 4.79 Å². The molecule has 4 nitrogen and oxygen atoms in total. The molecule has 1 N–H and O–H groups in total.